The molecule has 0 saturated carbocycles. The third-order valence-electron chi connectivity index (χ3n) is 2.96. The standard InChI is InChI=1S/C11H21N3O3/c1-12-11(16)9-8-13-5-7-14(9)6-3-4-10(15)17-2/h9,13H,3-8H2,1-2H3,(H,12,16). The first-order valence-corrected chi connectivity index (χ1v) is 5.92. The molecule has 1 fully saturated rings. The molecular weight excluding hydrogens is 222 g/mol. The first-order chi connectivity index (χ1) is 8.19. The van der Waals surface area contributed by atoms with Crippen LogP contribution in [0.4, 0.5) is 0 Å². The van der Waals surface area contributed by atoms with Crippen LogP contribution in [0.25, 0.3) is 0 Å². The topological polar surface area (TPSA) is 70.7 Å². The van der Waals surface area contributed by atoms with E-state index in [0.717, 1.165) is 26.1 Å². The Morgan fingerprint density at radius 3 is 2.94 bits per heavy atom. The highest BCUT2D eigenvalue weighted by Crippen LogP contribution is 2.06. The molecule has 0 radical (unpaired) electrons. The van der Waals surface area contributed by atoms with E-state index in [-0.39, 0.29) is 17.9 Å². The molecule has 0 aromatic carbocycles. The van der Waals surface area contributed by atoms with Crippen LogP contribution in [0.2, 0.25) is 0 Å². The van der Waals surface area contributed by atoms with Crippen LogP contribution < -0.4 is 10.6 Å². The van der Waals surface area contributed by atoms with E-state index in [2.05, 4.69) is 20.3 Å². The third-order valence-corrected chi connectivity index (χ3v) is 2.96. The molecule has 6 nitrogen and oxygen atoms in total. The molecule has 1 amide bonds. The lowest BCUT2D eigenvalue weighted by Gasteiger charge is -2.34. The number of nitrogens with zero attached hydrogens (tertiary/aromatic N) is 1. The first-order valence-electron chi connectivity index (χ1n) is 5.92. The second-order valence-electron chi connectivity index (χ2n) is 4.05. The number of carbonyl (C=O) groups is 2. The summed E-state index contributed by atoms with van der Waals surface area (Å²) in [5, 5.41) is 5.86. The van der Waals surface area contributed by atoms with Gasteiger partial charge in [-0.1, -0.05) is 0 Å². The molecule has 6 heteroatoms. The molecule has 0 aromatic rings. The Morgan fingerprint density at radius 1 is 1.53 bits per heavy atom. The molecule has 1 atom stereocenters. The predicted molar refractivity (Wildman–Crippen MR) is 63.5 cm³/mol. The fraction of sp³-hybridized carbons (Fsp3) is 0.818. The largest absolute Gasteiger partial charge is 0.469 e. The van der Waals surface area contributed by atoms with Gasteiger partial charge in [0.2, 0.25) is 5.91 Å². The van der Waals surface area contributed by atoms with Crippen molar-refractivity contribution in [3.05, 3.63) is 0 Å². The van der Waals surface area contributed by atoms with E-state index in [1.807, 2.05) is 0 Å². The number of piperazine rings is 1. The predicted octanol–water partition coefficient (Wildman–Crippen LogP) is -1.04. The number of esters is 1. The summed E-state index contributed by atoms with van der Waals surface area (Å²) in [6.45, 7) is 3.12. The maximum Gasteiger partial charge on any atom is 0.305 e. The number of nitrogens with one attached hydrogen (secondary N) is 2. The number of amides is 1. The van der Waals surface area contributed by atoms with Gasteiger partial charge in [0.15, 0.2) is 0 Å². The highest BCUT2D eigenvalue weighted by Gasteiger charge is 2.27. The summed E-state index contributed by atoms with van der Waals surface area (Å²) >= 11 is 0. The summed E-state index contributed by atoms with van der Waals surface area (Å²) < 4.78 is 4.59. The van der Waals surface area contributed by atoms with Gasteiger partial charge in [0.25, 0.3) is 0 Å². The van der Waals surface area contributed by atoms with Gasteiger partial charge in [0, 0.05) is 33.1 Å². The van der Waals surface area contributed by atoms with Crippen molar-refractivity contribution in [3.8, 4) is 0 Å². The summed E-state index contributed by atoms with van der Waals surface area (Å²) in [6.07, 6.45) is 1.13. The monoisotopic (exact) mass is 243 g/mol. The van der Waals surface area contributed by atoms with Gasteiger partial charge in [0.1, 0.15) is 6.04 Å². The van der Waals surface area contributed by atoms with Gasteiger partial charge in [-0.2, -0.15) is 0 Å². The first kappa shape index (κ1) is 13.9. The molecule has 17 heavy (non-hydrogen) atoms. The normalized spacial score (nSPS) is 20.9. The van der Waals surface area contributed by atoms with Crippen molar-refractivity contribution in [3.63, 3.8) is 0 Å². The van der Waals surface area contributed by atoms with Crippen molar-refractivity contribution in [1.29, 1.82) is 0 Å². The molecule has 0 spiro atoms. The molecule has 0 bridgehead atoms. The summed E-state index contributed by atoms with van der Waals surface area (Å²) in [4.78, 5) is 24.7. The minimum absolute atomic E-state index is 0.0234. The van der Waals surface area contributed by atoms with Crippen LogP contribution >= 0.6 is 0 Å². The van der Waals surface area contributed by atoms with E-state index in [4.69, 9.17) is 0 Å². The quantitative estimate of drug-likeness (QED) is 0.604. The Morgan fingerprint density at radius 2 is 2.29 bits per heavy atom. The summed E-state index contributed by atoms with van der Waals surface area (Å²) in [7, 11) is 3.03. The van der Waals surface area contributed by atoms with Crippen molar-refractivity contribution in [2.75, 3.05) is 40.3 Å². The lowest BCUT2D eigenvalue weighted by atomic mass is 10.1. The Balaban J connectivity index is 2.37. The molecule has 1 aliphatic heterocycles. The molecule has 0 aromatic heterocycles. The van der Waals surface area contributed by atoms with E-state index in [9.17, 15) is 9.59 Å². The molecule has 1 heterocycles. The smallest absolute Gasteiger partial charge is 0.305 e. The second-order valence-corrected chi connectivity index (χ2v) is 4.05. The summed E-state index contributed by atoms with van der Waals surface area (Å²) in [6, 6.07) is -0.133. The lowest BCUT2D eigenvalue weighted by molar-refractivity contribution is -0.140. The molecule has 2 N–H and O–H groups in total. The molecule has 1 saturated heterocycles. The zero-order chi connectivity index (χ0) is 12.7. The third kappa shape index (κ3) is 4.32. The lowest BCUT2D eigenvalue weighted by Crippen LogP contribution is -2.57. The molecule has 1 rings (SSSR count). The molecule has 1 unspecified atom stereocenters. The maximum atomic E-state index is 11.6. The zero-order valence-electron chi connectivity index (χ0n) is 10.5. The van der Waals surface area contributed by atoms with Gasteiger partial charge in [-0.15, -0.1) is 0 Å². The van der Waals surface area contributed by atoms with Crippen LogP contribution in [0, 0.1) is 0 Å². The van der Waals surface area contributed by atoms with E-state index in [0.29, 0.717) is 13.0 Å². The average molecular weight is 243 g/mol. The number of rotatable bonds is 5. The molecule has 0 aliphatic carbocycles. The Labute approximate surface area is 102 Å². The van der Waals surface area contributed by atoms with Gasteiger partial charge in [-0.25, -0.2) is 0 Å². The van der Waals surface area contributed by atoms with E-state index in [1.165, 1.54) is 7.11 Å². The Kier molecular flexibility index (Phi) is 5.93. The van der Waals surface area contributed by atoms with Crippen LogP contribution in [-0.2, 0) is 14.3 Å². The maximum absolute atomic E-state index is 11.6. The number of likely N-dealkylation sites (N-methyl/N-ethyl adjacent to an activating group) is 1. The van der Waals surface area contributed by atoms with Crippen molar-refractivity contribution < 1.29 is 14.3 Å². The highest BCUT2D eigenvalue weighted by atomic mass is 16.5. The fourth-order valence-corrected chi connectivity index (χ4v) is 1.97. The van der Waals surface area contributed by atoms with Crippen molar-refractivity contribution in [1.82, 2.24) is 15.5 Å². The SMILES string of the molecule is CNC(=O)C1CNCCN1CCCC(=O)OC. The van der Waals surface area contributed by atoms with Gasteiger partial charge in [-0.05, 0) is 13.0 Å². The minimum atomic E-state index is -0.198. The average Bonchev–Trinajstić information content (AvgIpc) is 2.38. The van der Waals surface area contributed by atoms with Gasteiger partial charge < -0.3 is 15.4 Å². The highest BCUT2D eigenvalue weighted by molar-refractivity contribution is 5.81. The van der Waals surface area contributed by atoms with Crippen LogP contribution in [0.15, 0.2) is 0 Å². The van der Waals surface area contributed by atoms with Crippen LogP contribution in [0.1, 0.15) is 12.8 Å². The molecular formula is C11H21N3O3. The van der Waals surface area contributed by atoms with Crippen LogP contribution in [0.5, 0.6) is 0 Å². The summed E-state index contributed by atoms with van der Waals surface area (Å²) in [5.41, 5.74) is 0. The number of hydrogen-bond acceptors (Lipinski definition) is 5. The molecule has 1 aliphatic rings. The second kappa shape index (κ2) is 7.24. The van der Waals surface area contributed by atoms with E-state index < -0.39 is 0 Å². The number of hydrogen-bond donors (Lipinski definition) is 2. The van der Waals surface area contributed by atoms with Crippen LogP contribution in [-0.4, -0.2) is 63.2 Å². The van der Waals surface area contributed by atoms with Gasteiger partial charge in [0.05, 0.1) is 7.11 Å². The van der Waals surface area contributed by atoms with E-state index in [1.54, 1.807) is 7.05 Å². The summed E-state index contributed by atoms with van der Waals surface area (Å²) in [5.74, 6) is -0.174. The van der Waals surface area contributed by atoms with Gasteiger partial charge >= 0.3 is 5.97 Å². The number of carbonyl (C=O) groups excluding carboxylic acids is 2. The molecule has 98 valence electrons. The zero-order valence-corrected chi connectivity index (χ0v) is 10.5. The van der Waals surface area contributed by atoms with E-state index >= 15 is 0 Å². The Bertz CT molecular complexity index is 271. The Hall–Kier alpha value is -1.14. The number of ether oxygens (including phenoxy) is 1. The number of methoxy groups -OCH3 is 1. The van der Waals surface area contributed by atoms with Crippen molar-refractivity contribution in [2.45, 2.75) is 18.9 Å². The minimum Gasteiger partial charge on any atom is -0.469 e. The van der Waals surface area contributed by atoms with Crippen molar-refractivity contribution >= 4 is 11.9 Å². The van der Waals surface area contributed by atoms with Crippen molar-refractivity contribution in [2.24, 2.45) is 0 Å². The van der Waals surface area contributed by atoms with Gasteiger partial charge in [-0.3, -0.25) is 14.5 Å². The fourth-order valence-electron chi connectivity index (χ4n) is 1.97. The van der Waals surface area contributed by atoms with Crippen LogP contribution in [0.3, 0.4) is 0 Å².